The molecule has 0 fully saturated rings. The zero-order valence-corrected chi connectivity index (χ0v) is 19.9. The standard InChI is InChI=1S/C30H26NO2P/c1-21(22-9-3-2-4-10-22)31-34-32-26-17-15-24-12-7-8-14-27(24)28(20-26)29-19-25-13-6-5-11-23(25)16-18-30(29)33-34/h2-18,20-21,26,31H,19H2,1H3. The van der Waals surface area contributed by atoms with Crippen LogP contribution in [0.25, 0.3) is 17.7 Å². The molecule has 3 aromatic carbocycles. The molecule has 2 bridgehead atoms. The lowest BCUT2D eigenvalue weighted by atomic mass is 9.89. The van der Waals surface area contributed by atoms with Gasteiger partial charge in [-0.15, -0.1) is 0 Å². The Labute approximate surface area is 202 Å². The highest BCUT2D eigenvalue weighted by Gasteiger charge is 2.29. The molecular weight excluding hydrogens is 437 g/mol. The summed E-state index contributed by atoms with van der Waals surface area (Å²) < 4.78 is 13.2. The van der Waals surface area contributed by atoms with Gasteiger partial charge < -0.3 is 9.05 Å². The van der Waals surface area contributed by atoms with Gasteiger partial charge in [-0.05, 0) is 52.5 Å². The molecule has 6 rings (SSSR count). The van der Waals surface area contributed by atoms with Crippen LogP contribution in [0.4, 0.5) is 0 Å². The third-order valence-electron chi connectivity index (χ3n) is 6.50. The maximum absolute atomic E-state index is 6.66. The molecular formula is C30H26NO2P. The van der Waals surface area contributed by atoms with Crippen LogP contribution >= 0.6 is 8.53 Å². The summed E-state index contributed by atoms with van der Waals surface area (Å²) in [6.07, 6.45) is 11.5. The average molecular weight is 464 g/mol. The second kappa shape index (κ2) is 9.19. The maximum Gasteiger partial charge on any atom is 0.319 e. The van der Waals surface area contributed by atoms with E-state index < -0.39 is 8.53 Å². The van der Waals surface area contributed by atoms with Gasteiger partial charge in [-0.25, -0.2) is 5.09 Å². The van der Waals surface area contributed by atoms with E-state index in [4.69, 9.17) is 9.05 Å². The van der Waals surface area contributed by atoms with Crippen molar-refractivity contribution in [1.29, 1.82) is 0 Å². The highest BCUT2D eigenvalue weighted by Crippen LogP contribution is 2.48. The molecule has 0 aromatic heterocycles. The smallest absolute Gasteiger partial charge is 0.319 e. The van der Waals surface area contributed by atoms with Crippen molar-refractivity contribution < 1.29 is 9.05 Å². The van der Waals surface area contributed by atoms with Gasteiger partial charge in [0.1, 0.15) is 11.9 Å². The minimum Gasteiger partial charge on any atom is -0.436 e. The van der Waals surface area contributed by atoms with Crippen molar-refractivity contribution in [3.8, 4) is 0 Å². The third kappa shape index (κ3) is 4.19. The summed E-state index contributed by atoms with van der Waals surface area (Å²) in [6, 6.07) is 27.6. The summed E-state index contributed by atoms with van der Waals surface area (Å²) in [5.41, 5.74) is 8.54. The van der Waals surface area contributed by atoms with Crippen molar-refractivity contribution in [2.24, 2.45) is 0 Å². The summed E-state index contributed by atoms with van der Waals surface area (Å²) in [4.78, 5) is 0. The van der Waals surface area contributed by atoms with Crippen LogP contribution in [-0.2, 0) is 15.5 Å². The molecule has 3 unspecified atom stereocenters. The lowest BCUT2D eigenvalue weighted by Crippen LogP contribution is -2.20. The van der Waals surface area contributed by atoms with E-state index in [1.54, 1.807) is 0 Å². The molecule has 0 spiro atoms. The third-order valence-corrected chi connectivity index (χ3v) is 7.90. The minimum absolute atomic E-state index is 0.0955. The lowest BCUT2D eigenvalue weighted by Gasteiger charge is -2.29. The molecule has 3 aliphatic rings. The molecule has 1 N–H and O–H groups in total. The van der Waals surface area contributed by atoms with Gasteiger partial charge in [0.15, 0.2) is 0 Å². The first-order valence-corrected chi connectivity index (χ1v) is 12.9. The molecule has 0 saturated heterocycles. The van der Waals surface area contributed by atoms with Crippen molar-refractivity contribution >= 4 is 26.3 Å². The fourth-order valence-electron chi connectivity index (χ4n) is 4.69. The second-order valence-corrected chi connectivity index (χ2v) is 9.92. The molecule has 0 radical (unpaired) electrons. The van der Waals surface area contributed by atoms with Gasteiger partial charge >= 0.3 is 8.53 Å². The number of benzene rings is 3. The summed E-state index contributed by atoms with van der Waals surface area (Å²) in [5.74, 6) is 0.872. The minimum atomic E-state index is -1.38. The van der Waals surface area contributed by atoms with E-state index in [1.807, 2.05) is 6.07 Å². The molecule has 0 saturated carbocycles. The summed E-state index contributed by atoms with van der Waals surface area (Å²) in [5, 5.41) is 3.61. The zero-order valence-electron chi connectivity index (χ0n) is 19.0. The van der Waals surface area contributed by atoms with E-state index in [0.717, 1.165) is 12.2 Å². The average Bonchev–Trinajstić information content (AvgIpc) is 3.16. The van der Waals surface area contributed by atoms with Crippen LogP contribution in [0.3, 0.4) is 0 Å². The molecule has 0 amide bonds. The predicted molar refractivity (Wildman–Crippen MR) is 141 cm³/mol. The quantitative estimate of drug-likeness (QED) is 0.406. The fourth-order valence-corrected chi connectivity index (χ4v) is 6.02. The molecule has 3 aromatic rings. The van der Waals surface area contributed by atoms with E-state index in [0.29, 0.717) is 0 Å². The van der Waals surface area contributed by atoms with Crippen molar-refractivity contribution in [3.05, 3.63) is 136 Å². The van der Waals surface area contributed by atoms with Gasteiger partial charge in [0.25, 0.3) is 0 Å². The van der Waals surface area contributed by atoms with Crippen LogP contribution in [0, 0.1) is 0 Å². The van der Waals surface area contributed by atoms with Gasteiger partial charge in [0.05, 0.1) is 0 Å². The Bertz CT molecular complexity index is 1340. The van der Waals surface area contributed by atoms with Crippen molar-refractivity contribution in [3.63, 3.8) is 0 Å². The molecule has 3 nitrogen and oxygen atoms in total. The highest BCUT2D eigenvalue weighted by molar-refractivity contribution is 7.45. The molecule has 4 heteroatoms. The van der Waals surface area contributed by atoms with Gasteiger partial charge in [-0.3, -0.25) is 0 Å². The highest BCUT2D eigenvalue weighted by atomic mass is 31.2. The number of hydrogen-bond donors (Lipinski definition) is 1. The van der Waals surface area contributed by atoms with Crippen LogP contribution in [0.15, 0.2) is 108 Å². The first-order valence-electron chi connectivity index (χ1n) is 11.7. The first-order chi connectivity index (χ1) is 16.7. The maximum atomic E-state index is 6.66. The molecule has 34 heavy (non-hydrogen) atoms. The summed E-state index contributed by atoms with van der Waals surface area (Å²) in [7, 11) is -1.38. The number of nitrogens with one attached hydrogen (secondary N) is 1. The van der Waals surface area contributed by atoms with Crippen LogP contribution in [0.2, 0.25) is 0 Å². The zero-order chi connectivity index (χ0) is 22.9. The Morgan fingerprint density at radius 2 is 1.62 bits per heavy atom. The Balaban J connectivity index is 1.43. The van der Waals surface area contributed by atoms with Crippen molar-refractivity contribution in [2.75, 3.05) is 0 Å². The Hall–Kier alpha value is -3.23. The summed E-state index contributed by atoms with van der Waals surface area (Å²) >= 11 is 0. The van der Waals surface area contributed by atoms with Crippen LogP contribution in [0.1, 0.15) is 40.8 Å². The first kappa shape index (κ1) is 21.3. The SMILES string of the molecule is CC(NP1OC2=C(Cc3ccccc3C=C2)C2=CC(C=Cc3ccccc32)O1)c1ccccc1. The van der Waals surface area contributed by atoms with Crippen LogP contribution in [-0.4, -0.2) is 6.10 Å². The number of allylic oxidation sites excluding steroid dienone is 3. The Kier molecular flexibility index (Phi) is 5.76. The Morgan fingerprint density at radius 3 is 2.50 bits per heavy atom. The molecule has 1 heterocycles. The monoisotopic (exact) mass is 463 g/mol. The van der Waals surface area contributed by atoms with E-state index >= 15 is 0 Å². The second-order valence-electron chi connectivity index (χ2n) is 8.76. The van der Waals surface area contributed by atoms with E-state index in [9.17, 15) is 0 Å². The van der Waals surface area contributed by atoms with Gasteiger partial charge in [-0.2, -0.15) is 0 Å². The normalized spacial score (nSPS) is 21.5. The molecule has 168 valence electrons. The largest absolute Gasteiger partial charge is 0.436 e. The van der Waals surface area contributed by atoms with E-state index in [1.165, 1.54) is 39.0 Å². The predicted octanol–water partition coefficient (Wildman–Crippen LogP) is 7.61. The fraction of sp³-hybridized carbons (Fsp3) is 0.133. The van der Waals surface area contributed by atoms with Crippen molar-refractivity contribution in [2.45, 2.75) is 25.5 Å². The lowest BCUT2D eigenvalue weighted by molar-refractivity contribution is 0.262. The molecule has 3 atom stereocenters. The van der Waals surface area contributed by atoms with Gasteiger partial charge in [0, 0.05) is 18.0 Å². The number of fused-ring (bicyclic) bond motifs is 5. The summed E-state index contributed by atoms with van der Waals surface area (Å²) in [6.45, 7) is 2.15. The topological polar surface area (TPSA) is 30.5 Å². The van der Waals surface area contributed by atoms with Crippen LogP contribution in [0.5, 0.6) is 0 Å². The molecule has 1 aliphatic heterocycles. The number of rotatable bonds is 3. The van der Waals surface area contributed by atoms with Gasteiger partial charge in [-0.1, -0.05) is 97.1 Å². The van der Waals surface area contributed by atoms with Gasteiger partial charge in [0.2, 0.25) is 0 Å². The Morgan fingerprint density at radius 1 is 0.853 bits per heavy atom. The molecule has 2 aliphatic carbocycles. The van der Waals surface area contributed by atoms with Crippen LogP contribution < -0.4 is 5.09 Å². The van der Waals surface area contributed by atoms with Crippen molar-refractivity contribution in [1.82, 2.24) is 5.09 Å². The van der Waals surface area contributed by atoms with E-state index in [-0.39, 0.29) is 12.1 Å². The van der Waals surface area contributed by atoms with E-state index in [2.05, 4.69) is 115 Å². The number of hydrogen-bond acceptors (Lipinski definition) is 3.